The second-order valence-electron chi connectivity index (χ2n) is 4.67. The van der Waals surface area contributed by atoms with Crippen LogP contribution in [-0.4, -0.2) is 19.1 Å². The number of hydrogen-bond donors (Lipinski definition) is 2. The van der Waals surface area contributed by atoms with Gasteiger partial charge in [0.15, 0.2) is 0 Å². The molecule has 0 aliphatic heterocycles. The van der Waals surface area contributed by atoms with E-state index in [0.29, 0.717) is 30.2 Å². The summed E-state index contributed by atoms with van der Waals surface area (Å²) in [5, 5.41) is 2.86. The predicted molar refractivity (Wildman–Crippen MR) is 84.8 cm³/mol. The Bertz CT molecular complexity index is 594. The highest BCUT2D eigenvalue weighted by Gasteiger charge is 2.06. The molecule has 0 spiro atoms. The minimum absolute atomic E-state index is 0.131. The van der Waals surface area contributed by atoms with Crippen molar-refractivity contribution in [2.45, 2.75) is 13.3 Å². The quantitative estimate of drug-likeness (QED) is 0.857. The van der Waals surface area contributed by atoms with Crippen molar-refractivity contribution in [3.05, 3.63) is 59.7 Å². The summed E-state index contributed by atoms with van der Waals surface area (Å²) in [5.41, 5.74) is 7.95. The molecule has 0 aromatic heterocycles. The van der Waals surface area contributed by atoms with Gasteiger partial charge in [0.25, 0.3) is 5.91 Å². The molecule has 0 unspecified atom stereocenters. The summed E-state index contributed by atoms with van der Waals surface area (Å²) >= 11 is 0. The van der Waals surface area contributed by atoms with Crippen molar-refractivity contribution >= 4 is 11.6 Å². The first-order valence-corrected chi connectivity index (χ1v) is 7.06. The van der Waals surface area contributed by atoms with E-state index in [1.807, 2.05) is 42.5 Å². The normalized spacial score (nSPS) is 10.2. The van der Waals surface area contributed by atoms with Gasteiger partial charge in [0.1, 0.15) is 12.4 Å². The molecule has 2 rings (SSSR count). The number of benzene rings is 2. The van der Waals surface area contributed by atoms with Crippen molar-refractivity contribution in [2.24, 2.45) is 5.73 Å². The maximum absolute atomic E-state index is 12.2. The number of amides is 1. The highest BCUT2D eigenvalue weighted by atomic mass is 16.5. The van der Waals surface area contributed by atoms with Crippen LogP contribution >= 0.6 is 0 Å². The van der Waals surface area contributed by atoms with Crippen LogP contribution in [0.2, 0.25) is 0 Å². The van der Waals surface area contributed by atoms with Crippen LogP contribution in [0.5, 0.6) is 5.75 Å². The fourth-order valence-corrected chi connectivity index (χ4v) is 1.94. The van der Waals surface area contributed by atoms with Crippen LogP contribution < -0.4 is 15.8 Å². The number of carbonyl (C=O) groups excluding carboxylic acids is 1. The second kappa shape index (κ2) is 7.45. The minimum atomic E-state index is -0.131. The summed E-state index contributed by atoms with van der Waals surface area (Å²) in [4.78, 5) is 12.2. The maximum Gasteiger partial charge on any atom is 0.255 e. The number of hydrogen-bond acceptors (Lipinski definition) is 3. The van der Waals surface area contributed by atoms with E-state index in [1.54, 1.807) is 6.07 Å². The van der Waals surface area contributed by atoms with Gasteiger partial charge in [0.2, 0.25) is 0 Å². The van der Waals surface area contributed by atoms with Gasteiger partial charge < -0.3 is 15.8 Å². The molecular formula is C17H20N2O2. The summed E-state index contributed by atoms with van der Waals surface area (Å²) in [6.07, 6.45) is 0.961. The molecule has 0 saturated heterocycles. The van der Waals surface area contributed by atoms with E-state index in [-0.39, 0.29) is 5.91 Å². The fraction of sp³-hybridized carbons (Fsp3) is 0.235. The summed E-state index contributed by atoms with van der Waals surface area (Å²) in [7, 11) is 0. The van der Waals surface area contributed by atoms with E-state index in [4.69, 9.17) is 10.5 Å². The van der Waals surface area contributed by atoms with Crippen molar-refractivity contribution in [1.29, 1.82) is 0 Å². The molecule has 21 heavy (non-hydrogen) atoms. The third-order valence-corrected chi connectivity index (χ3v) is 3.10. The Kier molecular flexibility index (Phi) is 5.35. The third kappa shape index (κ3) is 4.33. The molecule has 2 aromatic rings. The van der Waals surface area contributed by atoms with Gasteiger partial charge in [0, 0.05) is 23.9 Å². The number of rotatable bonds is 6. The van der Waals surface area contributed by atoms with E-state index in [9.17, 15) is 4.79 Å². The van der Waals surface area contributed by atoms with E-state index in [0.717, 1.165) is 6.42 Å². The topological polar surface area (TPSA) is 64.3 Å². The zero-order valence-corrected chi connectivity index (χ0v) is 12.1. The molecule has 0 saturated carbocycles. The Balaban J connectivity index is 2.04. The van der Waals surface area contributed by atoms with Crippen molar-refractivity contribution in [3.8, 4) is 5.75 Å². The molecule has 4 nitrogen and oxygen atoms in total. The average Bonchev–Trinajstić information content (AvgIpc) is 2.53. The number of carbonyl (C=O) groups is 1. The summed E-state index contributed by atoms with van der Waals surface area (Å²) < 4.78 is 5.44. The van der Waals surface area contributed by atoms with E-state index < -0.39 is 0 Å². The Labute approximate surface area is 124 Å². The molecule has 0 fully saturated rings. The molecule has 0 radical (unpaired) electrons. The first-order chi connectivity index (χ1) is 10.2. The molecule has 0 atom stereocenters. The van der Waals surface area contributed by atoms with Gasteiger partial charge in [0.05, 0.1) is 0 Å². The molecule has 1 amide bonds. The van der Waals surface area contributed by atoms with Crippen molar-refractivity contribution in [3.63, 3.8) is 0 Å². The molecule has 0 aliphatic rings. The van der Waals surface area contributed by atoms with Crippen LogP contribution in [0.25, 0.3) is 0 Å². The lowest BCUT2D eigenvalue weighted by molar-refractivity contribution is 0.102. The van der Waals surface area contributed by atoms with E-state index >= 15 is 0 Å². The van der Waals surface area contributed by atoms with Crippen LogP contribution in [0.3, 0.4) is 0 Å². The zero-order valence-electron chi connectivity index (χ0n) is 12.1. The van der Waals surface area contributed by atoms with E-state index in [1.165, 1.54) is 5.56 Å². The largest absolute Gasteiger partial charge is 0.492 e. The van der Waals surface area contributed by atoms with Crippen LogP contribution in [0.15, 0.2) is 48.5 Å². The number of nitrogens with two attached hydrogens (primary N) is 1. The highest BCUT2D eigenvalue weighted by molar-refractivity contribution is 6.04. The highest BCUT2D eigenvalue weighted by Crippen LogP contribution is 2.18. The van der Waals surface area contributed by atoms with Gasteiger partial charge in [-0.2, -0.15) is 0 Å². The van der Waals surface area contributed by atoms with Crippen LogP contribution in [0.1, 0.15) is 22.8 Å². The summed E-state index contributed by atoms with van der Waals surface area (Å²) in [5.74, 6) is 0.563. The van der Waals surface area contributed by atoms with Crippen molar-refractivity contribution in [1.82, 2.24) is 0 Å². The lowest BCUT2D eigenvalue weighted by Gasteiger charge is -2.09. The first kappa shape index (κ1) is 15.1. The molecule has 110 valence electrons. The Hall–Kier alpha value is -2.33. The maximum atomic E-state index is 12.2. The van der Waals surface area contributed by atoms with Gasteiger partial charge >= 0.3 is 0 Å². The smallest absolute Gasteiger partial charge is 0.255 e. The van der Waals surface area contributed by atoms with Crippen molar-refractivity contribution < 1.29 is 9.53 Å². The monoisotopic (exact) mass is 284 g/mol. The summed E-state index contributed by atoms with van der Waals surface area (Å²) in [6, 6.07) is 14.9. The molecule has 2 aromatic carbocycles. The predicted octanol–water partition coefficient (Wildman–Crippen LogP) is 2.84. The second-order valence-corrected chi connectivity index (χ2v) is 4.67. The van der Waals surface area contributed by atoms with Gasteiger partial charge in [-0.15, -0.1) is 0 Å². The molecule has 0 heterocycles. The standard InChI is InChI=1S/C17H20N2O2/c1-2-13-6-8-14(9-7-13)17(20)19-15-4-3-5-16(12-15)21-11-10-18/h3-9,12H,2,10-11,18H2,1H3,(H,19,20). The van der Waals surface area contributed by atoms with Gasteiger partial charge in [-0.3, -0.25) is 4.79 Å². The van der Waals surface area contributed by atoms with Gasteiger partial charge in [-0.25, -0.2) is 0 Å². The lowest BCUT2D eigenvalue weighted by Crippen LogP contribution is -2.13. The third-order valence-electron chi connectivity index (χ3n) is 3.10. The SMILES string of the molecule is CCc1ccc(C(=O)Nc2cccc(OCCN)c2)cc1. The van der Waals surface area contributed by atoms with Crippen LogP contribution in [0, 0.1) is 0 Å². The number of anilines is 1. The fourth-order valence-electron chi connectivity index (χ4n) is 1.94. The lowest BCUT2D eigenvalue weighted by atomic mass is 10.1. The molecule has 0 bridgehead atoms. The van der Waals surface area contributed by atoms with Gasteiger partial charge in [-0.05, 0) is 36.2 Å². The molecular weight excluding hydrogens is 264 g/mol. The first-order valence-electron chi connectivity index (χ1n) is 7.06. The molecule has 4 heteroatoms. The minimum Gasteiger partial charge on any atom is -0.492 e. The Morgan fingerprint density at radius 2 is 1.95 bits per heavy atom. The van der Waals surface area contributed by atoms with Crippen molar-refractivity contribution in [2.75, 3.05) is 18.5 Å². The molecule has 0 aliphatic carbocycles. The number of aryl methyl sites for hydroxylation is 1. The zero-order chi connectivity index (χ0) is 15.1. The Morgan fingerprint density at radius 1 is 1.19 bits per heavy atom. The van der Waals surface area contributed by atoms with Gasteiger partial charge in [-0.1, -0.05) is 25.1 Å². The summed E-state index contributed by atoms with van der Waals surface area (Å²) in [6.45, 7) is 3.00. The van der Waals surface area contributed by atoms with Crippen LogP contribution in [0.4, 0.5) is 5.69 Å². The Morgan fingerprint density at radius 3 is 2.62 bits per heavy atom. The van der Waals surface area contributed by atoms with Crippen LogP contribution in [-0.2, 0) is 6.42 Å². The van der Waals surface area contributed by atoms with E-state index in [2.05, 4.69) is 12.2 Å². The number of ether oxygens (including phenoxy) is 1. The molecule has 3 N–H and O–H groups in total. The number of nitrogens with one attached hydrogen (secondary N) is 1. The average molecular weight is 284 g/mol.